The number of aromatic nitrogens is 2. The maximum absolute atomic E-state index is 11.8. The van der Waals surface area contributed by atoms with Gasteiger partial charge in [-0.2, -0.15) is 5.10 Å². The molecule has 0 saturated carbocycles. The second kappa shape index (κ2) is 6.01. The van der Waals surface area contributed by atoms with Gasteiger partial charge in [-0.25, -0.2) is 10.4 Å². The van der Waals surface area contributed by atoms with Crippen LogP contribution in [0, 0.1) is 0 Å². The first kappa shape index (κ1) is 13.7. The zero-order valence-corrected chi connectivity index (χ0v) is 11.5. The van der Waals surface area contributed by atoms with Crippen LogP contribution in [0.5, 0.6) is 5.75 Å². The van der Waals surface area contributed by atoms with Gasteiger partial charge in [0.15, 0.2) is 0 Å². The van der Waals surface area contributed by atoms with Gasteiger partial charge in [0.1, 0.15) is 11.4 Å². The highest BCUT2D eigenvalue weighted by Gasteiger charge is 2.08. The van der Waals surface area contributed by atoms with Gasteiger partial charge in [0.25, 0.3) is 5.91 Å². The van der Waals surface area contributed by atoms with Crippen LogP contribution in [-0.2, 0) is 0 Å². The molecule has 108 valence electrons. The number of hydrogen-bond acceptors (Lipinski definition) is 5. The second-order valence-corrected chi connectivity index (χ2v) is 4.50. The van der Waals surface area contributed by atoms with E-state index in [1.165, 1.54) is 18.3 Å². The van der Waals surface area contributed by atoms with Gasteiger partial charge in [-0.1, -0.05) is 24.3 Å². The Morgan fingerprint density at radius 3 is 2.64 bits per heavy atom. The summed E-state index contributed by atoms with van der Waals surface area (Å²) < 4.78 is 0. The zero-order valence-electron chi connectivity index (χ0n) is 11.5. The number of carbonyl (C=O) groups is 1. The highest BCUT2D eigenvalue weighted by molar-refractivity contribution is 5.97. The molecule has 6 heteroatoms. The number of phenolic OH excluding ortho intramolecular Hbond substituents is 1. The van der Waals surface area contributed by atoms with Gasteiger partial charge in [0.2, 0.25) is 0 Å². The van der Waals surface area contributed by atoms with Crippen molar-refractivity contribution >= 4 is 23.2 Å². The van der Waals surface area contributed by atoms with Crippen LogP contribution in [0.25, 0.3) is 11.0 Å². The number of hydrogen-bond donors (Lipinski definition) is 2. The summed E-state index contributed by atoms with van der Waals surface area (Å²) in [6.07, 6.45) is 2.97. The first-order chi connectivity index (χ1) is 10.7. The number of fused-ring (bicyclic) bond motifs is 1. The number of nitrogens with zero attached hydrogens (tertiary/aromatic N) is 3. The van der Waals surface area contributed by atoms with E-state index >= 15 is 0 Å². The van der Waals surface area contributed by atoms with Crippen molar-refractivity contribution in [2.75, 3.05) is 0 Å². The number of phenols is 1. The average molecular weight is 292 g/mol. The fourth-order valence-electron chi connectivity index (χ4n) is 1.92. The van der Waals surface area contributed by atoms with Crippen molar-refractivity contribution in [3.63, 3.8) is 0 Å². The standard InChI is InChI=1S/C16H12N4O2/c21-15-8-4-1-5-12(15)16(22)20-18-10-11-9-17-13-6-2-3-7-14(13)19-11/h1-10,21H,(H,20,22). The monoisotopic (exact) mass is 292 g/mol. The van der Waals surface area contributed by atoms with Gasteiger partial charge in [-0.05, 0) is 24.3 Å². The Hall–Kier alpha value is -3.28. The lowest BCUT2D eigenvalue weighted by molar-refractivity contribution is 0.0952. The Kier molecular flexibility index (Phi) is 3.74. The lowest BCUT2D eigenvalue weighted by Crippen LogP contribution is -2.17. The van der Waals surface area contributed by atoms with Crippen molar-refractivity contribution in [3.05, 3.63) is 66.0 Å². The van der Waals surface area contributed by atoms with E-state index in [1.807, 2.05) is 24.3 Å². The third kappa shape index (κ3) is 2.90. The predicted octanol–water partition coefficient (Wildman–Crippen LogP) is 2.10. The van der Waals surface area contributed by atoms with E-state index in [0.29, 0.717) is 5.69 Å². The highest BCUT2D eigenvalue weighted by Crippen LogP contribution is 2.14. The van der Waals surface area contributed by atoms with Crippen molar-refractivity contribution in [2.45, 2.75) is 0 Å². The summed E-state index contributed by atoms with van der Waals surface area (Å²) in [5.41, 5.74) is 4.56. The summed E-state index contributed by atoms with van der Waals surface area (Å²) in [5.74, 6) is -0.594. The lowest BCUT2D eigenvalue weighted by atomic mass is 10.2. The van der Waals surface area contributed by atoms with Crippen LogP contribution in [0.1, 0.15) is 16.1 Å². The molecule has 2 N–H and O–H groups in total. The second-order valence-electron chi connectivity index (χ2n) is 4.50. The van der Waals surface area contributed by atoms with Crippen molar-refractivity contribution in [3.8, 4) is 5.75 Å². The van der Waals surface area contributed by atoms with Gasteiger partial charge >= 0.3 is 0 Å². The normalized spacial score (nSPS) is 10.9. The summed E-state index contributed by atoms with van der Waals surface area (Å²) in [6.45, 7) is 0. The minimum atomic E-state index is -0.497. The van der Waals surface area contributed by atoms with Crippen molar-refractivity contribution in [1.82, 2.24) is 15.4 Å². The summed E-state index contributed by atoms with van der Waals surface area (Å²) in [7, 11) is 0. The summed E-state index contributed by atoms with van der Waals surface area (Å²) in [4.78, 5) is 20.4. The average Bonchev–Trinajstić information content (AvgIpc) is 2.55. The number of rotatable bonds is 3. The summed E-state index contributed by atoms with van der Waals surface area (Å²) >= 11 is 0. The van der Waals surface area contributed by atoms with Crippen molar-refractivity contribution < 1.29 is 9.90 Å². The van der Waals surface area contributed by atoms with Gasteiger partial charge in [0.05, 0.1) is 29.0 Å². The van der Waals surface area contributed by atoms with E-state index in [9.17, 15) is 9.90 Å². The van der Waals surface area contributed by atoms with Gasteiger partial charge in [-0.15, -0.1) is 0 Å². The molecule has 0 atom stereocenters. The molecule has 2 aromatic carbocycles. The highest BCUT2D eigenvalue weighted by atomic mass is 16.3. The molecule has 1 amide bonds. The number of carbonyl (C=O) groups excluding carboxylic acids is 1. The fourth-order valence-corrected chi connectivity index (χ4v) is 1.92. The van der Waals surface area contributed by atoms with E-state index in [4.69, 9.17) is 0 Å². The largest absolute Gasteiger partial charge is 0.507 e. The van der Waals surface area contributed by atoms with Crippen LogP contribution >= 0.6 is 0 Å². The summed E-state index contributed by atoms with van der Waals surface area (Å²) in [6, 6.07) is 13.7. The molecule has 1 aromatic heterocycles. The maximum atomic E-state index is 11.8. The van der Waals surface area contributed by atoms with Crippen molar-refractivity contribution in [1.29, 1.82) is 0 Å². The molecule has 1 heterocycles. The Labute approximate surface area is 126 Å². The molecule has 0 fully saturated rings. The number of hydrazone groups is 1. The number of benzene rings is 2. The van der Waals surface area contributed by atoms with Crippen LogP contribution < -0.4 is 5.43 Å². The molecular formula is C16H12N4O2. The zero-order chi connectivity index (χ0) is 15.4. The Morgan fingerprint density at radius 2 is 1.82 bits per heavy atom. The number of para-hydroxylation sites is 3. The van der Waals surface area contributed by atoms with Gasteiger partial charge < -0.3 is 5.11 Å². The molecule has 0 aliphatic rings. The molecule has 0 spiro atoms. The smallest absolute Gasteiger partial charge is 0.275 e. The molecule has 0 bridgehead atoms. The topological polar surface area (TPSA) is 87.5 Å². The third-order valence-electron chi connectivity index (χ3n) is 2.98. The van der Waals surface area contributed by atoms with Gasteiger partial charge in [0, 0.05) is 0 Å². The lowest BCUT2D eigenvalue weighted by Gasteiger charge is -2.02. The minimum absolute atomic E-state index is 0.0966. The van der Waals surface area contributed by atoms with E-state index in [1.54, 1.807) is 18.3 Å². The van der Waals surface area contributed by atoms with E-state index < -0.39 is 5.91 Å². The van der Waals surface area contributed by atoms with Crippen LogP contribution in [0.15, 0.2) is 59.8 Å². The Balaban J connectivity index is 1.73. The van der Waals surface area contributed by atoms with Crippen LogP contribution in [0.3, 0.4) is 0 Å². The molecule has 0 radical (unpaired) electrons. The van der Waals surface area contributed by atoms with E-state index in [2.05, 4.69) is 20.5 Å². The molecule has 3 rings (SSSR count). The molecule has 22 heavy (non-hydrogen) atoms. The molecule has 0 unspecified atom stereocenters. The number of aromatic hydroxyl groups is 1. The van der Waals surface area contributed by atoms with Gasteiger partial charge in [-0.3, -0.25) is 9.78 Å². The first-order valence-corrected chi connectivity index (χ1v) is 6.57. The fraction of sp³-hybridized carbons (Fsp3) is 0. The van der Waals surface area contributed by atoms with Crippen LogP contribution in [-0.4, -0.2) is 27.2 Å². The minimum Gasteiger partial charge on any atom is -0.507 e. The SMILES string of the molecule is O=C(NN=Cc1cnc2ccccc2n1)c1ccccc1O. The predicted molar refractivity (Wildman–Crippen MR) is 82.7 cm³/mol. The van der Waals surface area contributed by atoms with Crippen LogP contribution in [0.2, 0.25) is 0 Å². The number of amides is 1. The Bertz CT molecular complexity index is 861. The molecule has 6 nitrogen and oxygen atoms in total. The van der Waals surface area contributed by atoms with E-state index in [0.717, 1.165) is 11.0 Å². The molecule has 0 aliphatic carbocycles. The molecule has 0 aliphatic heterocycles. The maximum Gasteiger partial charge on any atom is 0.275 e. The number of nitrogens with one attached hydrogen (secondary N) is 1. The quantitative estimate of drug-likeness (QED) is 0.571. The van der Waals surface area contributed by atoms with E-state index in [-0.39, 0.29) is 11.3 Å². The van der Waals surface area contributed by atoms with Crippen LogP contribution in [0.4, 0.5) is 0 Å². The first-order valence-electron chi connectivity index (χ1n) is 6.57. The Morgan fingerprint density at radius 1 is 1.09 bits per heavy atom. The van der Waals surface area contributed by atoms with Crippen molar-refractivity contribution in [2.24, 2.45) is 5.10 Å². The molecular weight excluding hydrogens is 280 g/mol. The summed E-state index contributed by atoms with van der Waals surface area (Å²) in [5, 5.41) is 13.4. The third-order valence-corrected chi connectivity index (χ3v) is 2.98. The molecule has 3 aromatic rings. The molecule has 0 saturated heterocycles.